The Bertz CT molecular complexity index is 449. The Morgan fingerprint density at radius 2 is 1.85 bits per heavy atom. The van der Waals surface area contributed by atoms with Crippen LogP contribution in [0, 0.1) is 5.82 Å². The molecule has 1 aromatic rings. The lowest BCUT2D eigenvalue weighted by atomic mass is 9.96. The third-order valence-electron chi connectivity index (χ3n) is 3.36. The van der Waals surface area contributed by atoms with Crippen molar-refractivity contribution in [3.05, 3.63) is 30.1 Å². The number of hydrogen-bond donors (Lipinski definition) is 1. The third kappa shape index (κ3) is 4.52. The first-order valence-corrected chi connectivity index (χ1v) is 6.92. The van der Waals surface area contributed by atoms with Gasteiger partial charge < -0.3 is 5.32 Å². The van der Waals surface area contributed by atoms with E-state index in [1.807, 2.05) is 0 Å². The average Bonchev–Trinajstić information content (AvgIpc) is 2.43. The highest BCUT2D eigenvalue weighted by molar-refractivity contribution is 8.93. The van der Waals surface area contributed by atoms with Crippen molar-refractivity contribution in [3.8, 4) is 0 Å². The minimum atomic E-state index is -0.333. The van der Waals surface area contributed by atoms with Crippen molar-refractivity contribution < 1.29 is 9.18 Å². The van der Waals surface area contributed by atoms with Gasteiger partial charge in [-0.05, 0) is 49.3 Å². The van der Waals surface area contributed by atoms with Crippen LogP contribution < -0.4 is 10.2 Å². The van der Waals surface area contributed by atoms with Gasteiger partial charge in [-0.3, -0.25) is 9.69 Å². The van der Waals surface area contributed by atoms with Crippen molar-refractivity contribution in [2.24, 2.45) is 0 Å². The normalized spacial score (nSPS) is 15.1. The third-order valence-corrected chi connectivity index (χ3v) is 3.68. The van der Waals surface area contributed by atoms with E-state index in [9.17, 15) is 9.18 Å². The molecule has 1 fully saturated rings. The van der Waals surface area contributed by atoms with Crippen molar-refractivity contribution in [3.63, 3.8) is 0 Å². The summed E-state index contributed by atoms with van der Waals surface area (Å²) >= 11 is 5.26. The first-order valence-electron chi connectivity index (χ1n) is 6.51. The van der Waals surface area contributed by atoms with Gasteiger partial charge in [0.2, 0.25) is 6.41 Å². The molecular formula is C14H18BrFN2OS. The Labute approximate surface area is 134 Å². The largest absolute Gasteiger partial charge is 0.359 e. The maximum Gasteiger partial charge on any atom is 0.220 e. The van der Waals surface area contributed by atoms with Crippen molar-refractivity contribution in [2.75, 3.05) is 4.90 Å². The summed E-state index contributed by atoms with van der Waals surface area (Å²) in [6, 6.07) is 6.05. The fourth-order valence-electron chi connectivity index (χ4n) is 2.32. The highest BCUT2D eigenvalue weighted by Gasteiger charge is 2.18. The lowest BCUT2D eigenvalue weighted by Crippen LogP contribution is -2.45. The van der Waals surface area contributed by atoms with Crippen LogP contribution in [-0.4, -0.2) is 17.6 Å². The Kier molecular flexibility index (Phi) is 7.09. The zero-order chi connectivity index (χ0) is 13.7. The standard InChI is InChI=1S/C14H17FN2OS.BrH/c15-11-6-8-13(9-7-11)17(10-18)14(19)16-12-4-2-1-3-5-12;/h6-10,12H,1-5H2,(H,16,19);1H. The van der Waals surface area contributed by atoms with Gasteiger partial charge in [0.25, 0.3) is 0 Å². The molecule has 1 aromatic carbocycles. The maximum absolute atomic E-state index is 12.9. The van der Waals surface area contributed by atoms with Crippen LogP contribution in [0.25, 0.3) is 0 Å². The molecule has 0 radical (unpaired) electrons. The van der Waals surface area contributed by atoms with E-state index in [0.29, 0.717) is 23.3 Å². The minimum Gasteiger partial charge on any atom is -0.359 e. The van der Waals surface area contributed by atoms with Gasteiger partial charge in [0.1, 0.15) is 5.82 Å². The molecule has 0 aromatic heterocycles. The second kappa shape index (κ2) is 8.32. The minimum absolute atomic E-state index is 0. The zero-order valence-corrected chi connectivity index (χ0v) is 13.6. The highest BCUT2D eigenvalue weighted by atomic mass is 79.9. The van der Waals surface area contributed by atoms with Crippen LogP contribution in [0.5, 0.6) is 0 Å². The number of rotatable bonds is 3. The van der Waals surface area contributed by atoms with Crippen LogP contribution in [0.4, 0.5) is 10.1 Å². The number of nitrogens with one attached hydrogen (secondary N) is 1. The number of carbonyl (C=O) groups excluding carboxylic acids is 1. The molecule has 0 bridgehead atoms. The molecule has 0 unspecified atom stereocenters. The van der Waals surface area contributed by atoms with Crippen molar-refractivity contribution in [2.45, 2.75) is 38.1 Å². The lowest BCUT2D eigenvalue weighted by molar-refractivity contribution is -0.106. The topological polar surface area (TPSA) is 32.3 Å². The number of amides is 1. The SMILES string of the molecule is Br.O=CN(C(=S)NC1CCCCC1)c1ccc(F)cc1. The molecule has 1 saturated carbocycles. The van der Waals surface area contributed by atoms with Gasteiger partial charge in [-0.25, -0.2) is 4.39 Å². The number of thiocarbonyl (C=S) groups is 1. The van der Waals surface area contributed by atoms with E-state index in [2.05, 4.69) is 5.32 Å². The summed E-state index contributed by atoms with van der Waals surface area (Å²) < 4.78 is 12.9. The van der Waals surface area contributed by atoms with Gasteiger partial charge in [-0.2, -0.15) is 0 Å². The molecule has 0 saturated heterocycles. The Morgan fingerprint density at radius 1 is 1.25 bits per heavy atom. The van der Waals surface area contributed by atoms with Crippen LogP contribution in [0.1, 0.15) is 32.1 Å². The van der Waals surface area contributed by atoms with Gasteiger partial charge in [-0.1, -0.05) is 19.3 Å². The molecule has 0 atom stereocenters. The number of nitrogens with zero attached hydrogens (tertiary/aromatic N) is 1. The van der Waals surface area contributed by atoms with E-state index in [4.69, 9.17) is 12.2 Å². The van der Waals surface area contributed by atoms with Crippen LogP contribution in [0.2, 0.25) is 0 Å². The molecule has 0 spiro atoms. The Hall–Kier alpha value is -1.01. The zero-order valence-electron chi connectivity index (χ0n) is 11.0. The van der Waals surface area contributed by atoms with Crippen molar-refractivity contribution in [1.29, 1.82) is 0 Å². The summed E-state index contributed by atoms with van der Waals surface area (Å²) in [4.78, 5) is 12.5. The fraction of sp³-hybridized carbons (Fsp3) is 0.429. The molecule has 1 aliphatic rings. The molecule has 3 nitrogen and oxygen atoms in total. The van der Waals surface area contributed by atoms with Gasteiger partial charge >= 0.3 is 0 Å². The van der Waals surface area contributed by atoms with E-state index in [1.165, 1.54) is 36.3 Å². The predicted molar refractivity (Wildman–Crippen MR) is 87.9 cm³/mol. The van der Waals surface area contributed by atoms with E-state index < -0.39 is 0 Å². The summed E-state index contributed by atoms with van der Waals surface area (Å²) in [6.45, 7) is 0. The number of halogens is 2. The molecule has 1 aliphatic carbocycles. The summed E-state index contributed by atoms with van der Waals surface area (Å²) in [5.74, 6) is -0.333. The number of hydrogen-bond acceptors (Lipinski definition) is 2. The van der Waals surface area contributed by atoms with Crippen LogP contribution in [0.15, 0.2) is 24.3 Å². The second-order valence-electron chi connectivity index (χ2n) is 4.74. The predicted octanol–water partition coefficient (Wildman–Crippen LogP) is 3.57. The first-order chi connectivity index (χ1) is 9.20. The van der Waals surface area contributed by atoms with E-state index >= 15 is 0 Å². The average molecular weight is 361 g/mol. The van der Waals surface area contributed by atoms with Crippen LogP contribution >= 0.6 is 29.2 Å². The molecule has 110 valence electrons. The van der Waals surface area contributed by atoms with E-state index in [0.717, 1.165) is 12.8 Å². The molecule has 6 heteroatoms. The summed E-state index contributed by atoms with van der Waals surface area (Å²) in [6.07, 6.45) is 6.47. The smallest absolute Gasteiger partial charge is 0.220 e. The number of anilines is 1. The highest BCUT2D eigenvalue weighted by Crippen LogP contribution is 2.19. The fourth-order valence-corrected chi connectivity index (χ4v) is 2.63. The van der Waals surface area contributed by atoms with Gasteiger partial charge in [0.05, 0.1) is 5.69 Å². The summed E-state index contributed by atoms with van der Waals surface area (Å²) in [5.41, 5.74) is 0.574. The van der Waals surface area contributed by atoms with Crippen LogP contribution in [0.3, 0.4) is 0 Å². The van der Waals surface area contributed by atoms with Crippen LogP contribution in [-0.2, 0) is 4.79 Å². The quantitative estimate of drug-likeness (QED) is 0.660. The molecule has 20 heavy (non-hydrogen) atoms. The van der Waals surface area contributed by atoms with Crippen molar-refractivity contribution in [1.82, 2.24) is 5.32 Å². The molecule has 1 N–H and O–H groups in total. The maximum atomic E-state index is 12.9. The summed E-state index contributed by atoms with van der Waals surface area (Å²) in [7, 11) is 0. The lowest BCUT2D eigenvalue weighted by Gasteiger charge is -2.27. The second-order valence-corrected chi connectivity index (χ2v) is 5.12. The van der Waals surface area contributed by atoms with Gasteiger partial charge in [-0.15, -0.1) is 17.0 Å². The molecule has 0 heterocycles. The number of benzene rings is 1. The van der Waals surface area contributed by atoms with E-state index in [1.54, 1.807) is 12.1 Å². The summed E-state index contributed by atoms with van der Waals surface area (Å²) in [5, 5.41) is 3.60. The Morgan fingerprint density at radius 3 is 2.40 bits per heavy atom. The van der Waals surface area contributed by atoms with Gasteiger partial charge in [0.15, 0.2) is 5.11 Å². The first kappa shape index (κ1) is 17.0. The number of carbonyl (C=O) groups is 1. The van der Waals surface area contributed by atoms with Crippen molar-refractivity contribution >= 4 is 46.4 Å². The van der Waals surface area contributed by atoms with E-state index in [-0.39, 0.29) is 22.8 Å². The van der Waals surface area contributed by atoms with Gasteiger partial charge in [0, 0.05) is 6.04 Å². The molecular weight excluding hydrogens is 343 g/mol. The monoisotopic (exact) mass is 360 g/mol. The molecule has 2 rings (SSSR count). The molecule has 0 aliphatic heterocycles. The Balaban J connectivity index is 0.00000200. The molecule has 1 amide bonds.